The molecule has 1 aliphatic heterocycles. The van der Waals surface area contributed by atoms with E-state index in [1.165, 1.54) is 19.4 Å². The van der Waals surface area contributed by atoms with Gasteiger partial charge in [-0.2, -0.15) is 0 Å². The van der Waals surface area contributed by atoms with E-state index in [4.69, 9.17) is 4.74 Å². The summed E-state index contributed by atoms with van der Waals surface area (Å²) in [6.45, 7) is 5.76. The van der Waals surface area contributed by atoms with Crippen molar-refractivity contribution in [2.24, 2.45) is 10.9 Å². The molecule has 0 fully saturated rings. The van der Waals surface area contributed by atoms with E-state index < -0.39 is 11.5 Å². The molecule has 120 valence electrons. The van der Waals surface area contributed by atoms with Crippen LogP contribution in [0.25, 0.3) is 0 Å². The number of carbonyl (C=O) groups is 2. The summed E-state index contributed by atoms with van der Waals surface area (Å²) < 4.78 is 4.98. The standard InChI is InChI=1S/C15H19N3O4.Na.H/c1-8(2)15(3)14(21)17-12(18-15)11-10(13(19)20)5-9(6-16-11)7-22-4;;/h5-6,8H,7H2,1-4H3,(H,19,20)(H,17,18,21);;. The van der Waals surface area contributed by atoms with Crippen molar-refractivity contribution in [3.8, 4) is 0 Å². The number of amides is 1. The SMILES string of the molecule is COCc1cnc(C2=NC(C)(C(C)C)C(=O)N2)c(C(=O)O)c1.[NaH]. The number of nitrogens with zero attached hydrogens (tertiary/aromatic N) is 2. The van der Waals surface area contributed by atoms with E-state index >= 15 is 0 Å². The number of amidine groups is 1. The third kappa shape index (κ3) is 3.80. The number of pyridine rings is 1. The van der Waals surface area contributed by atoms with Crippen LogP contribution >= 0.6 is 0 Å². The first kappa shape index (κ1) is 19.8. The molecule has 0 saturated heterocycles. The van der Waals surface area contributed by atoms with Gasteiger partial charge in [-0.1, -0.05) is 13.8 Å². The Hall–Kier alpha value is -1.28. The molecule has 1 amide bonds. The Morgan fingerprint density at radius 2 is 2.13 bits per heavy atom. The van der Waals surface area contributed by atoms with Gasteiger partial charge in [0.1, 0.15) is 11.2 Å². The predicted molar refractivity (Wildman–Crippen MR) is 87.0 cm³/mol. The van der Waals surface area contributed by atoms with Crippen LogP contribution in [-0.4, -0.2) is 70.0 Å². The number of aromatic carboxylic acids is 1. The van der Waals surface area contributed by atoms with Gasteiger partial charge in [-0.15, -0.1) is 0 Å². The molecule has 23 heavy (non-hydrogen) atoms. The van der Waals surface area contributed by atoms with Gasteiger partial charge < -0.3 is 15.2 Å². The van der Waals surface area contributed by atoms with E-state index in [0.717, 1.165) is 0 Å². The van der Waals surface area contributed by atoms with Crippen molar-refractivity contribution in [3.63, 3.8) is 0 Å². The number of ether oxygens (including phenoxy) is 1. The molecular formula is C15H20N3NaO4. The van der Waals surface area contributed by atoms with Crippen LogP contribution in [0.15, 0.2) is 17.3 Å². The summed E-state index contributed by atoms with van der Waals surface area (Å²) in [4.78, 5) is 32.2. The number of methoxy groups -OCH3 is 1. The maximum atomic E-state index is 12.2. The summed E-state index contributed by atoms with van der Waals surface area (Å²) in [7, 11) is 1.52. The Balaban J connectivity index is 0.00000264. The Morgan fingerprint density at radius 1 is 1.48 bits per heavy atom. The van der Waals surface area contributed by atoms with Crippen LogP contribution in [-0.2, 0) is 16.1 Å². The average molecular weight is 329 g/mol. The minimum atomic E-state index is -1.13. The average Bonchev–Trinajstić information content (AvgIpc) is 2.76. The quantitative estimate of drug-likeness (QED) is 0.769. The summed E-state index contributed by atoms with van der Waals surface area (Å²) in [5.74, 6) is -1.21. The number of carbonyl (C=O) groups excluding carboxylic acids is 1. The molecule has 1 unspecified atom stereocenters. The zero-order valence-electron chi connectivity index (χ0n) is 13.0. The molecular weight excluding hydrogens is 309 g/mol. The predicted octanol–water partition coefficient (Wildman–Crippen LogP) is 0.569. The Morgan fingerprint density at radius 3 is 2.61 bits per heavy atom. The molecule has 0 saturated carbocycles. The molecule has 1 aromatic heterocycles. The number of nitrogens with one attached hydrogen (secondary N) is 1. The molecule has 0 aliphatic carbocycles. The van der Waals surface area contributed by atoms with Crippen molar-refractivity contribution in [3.05, 3.63) is 29.1 Å². The van der Waals surface area contributed by atoms with E-state index in [2.05, 4.69) is 15.3 Å². The second kappa shape index (κ2) is 7.53. The van der Waals surface area contributed by atoms with Crippen LogP contribution in [0.1, 0.15) is 42.4 Å². The van der Waals surface area contributed by atoms with Gasteiger partial charge in [-0.05, 0) is 24.5 Å². The number of rotatable bonds is 5. The molecule has 8 heteroatoms. The fourth-order valence-corrected chi connectivity index (χ4v) is 2.15. The number of aliphatic imine (C=N–C) groups is 1. The van der Waals surface area contributed by atoms with Crippen molar-refractivity contribution in [1.82, 2.24) is 10.3 Å². The van der Waals surface area contributed by atoms with Gasteiger partial charge in [0, 0.05) is 13.3 Å². The van der Waals surface area contributed by atoms with Gasteiger partial charge in [0.25, 0.3) is 5.91 Å². The molecule has 2 heterocycles. The van der Waals surface area contributed by atoms with Gasteiger partial charge in [0.2, 0.25) is 0 Å². The minimum absolute atomic E-state index is 0. The molecule has 0 bridgehead atoms. The summed E-state index contributed by atoms with van der Waals surface area (Å²) in [5, 5.41) is 12.0. The number of carboxylic acids is 1. The van der Waals surface area contributed by atoms with E-state index in [-0.39, 0.29) is 65.1 Å². The molecule has 1 aliphatic rings. The zero-order valence-corrected chi connectivity index (χ0v) is 13.0. The van der Waals surface area contributed by atoms with Crippen molar-refractivity contribution >= 4 is 47.3 Å². The number of carboxylic acid groups (broad SMARTS) is 1. The van der Waals surface area contributed by atoms with Gasteiger partial charge >= 0.3 is 35.5 Å². The number of aromatic nitrogens is 1. The fourth-order valence-electron chi connectivity index (χ4n) is 2.15. The third-order valence-electron chi connectivity index (χ3n) is 3.87. The Kier molecular flexibility index (Phi) is 6.47. The topological polar surface area (TPSA) is 101 Å². The first-order valence-corrected chi connectivity index (χ1v) is 6.92. The molecule has 1 atom stereocenters. The first-order chi connectivity index (χ1) is 10.3. The van der Waals surface area contributed by atoms with Crippen LogP contribution in [0.5, 0.6) is 0 Å². The Bertz CT molecular complexity index is 660. The van der Waals surface area contributed by atoms with Crippen molar-refractivity contribution in [1.29, 1.82) is 0 Å². The summed E-state index contributed by atoms with van der Waals surface area (Å²) in [5.41, 5.74) is -0.135. The molecule has 2 rings (SSSR count). The van der Waals surface area contributed by atoms with Crippen LogP contribution in [0.3, 0.4) is 0 Å². The maximum absolute atomic E-state index is 12.2. The molecule has 0 aromatic carbocycles. The van der Waals surface area contributed by atoms with Crippen LogP contribution in [0.4, 0.5) is 0 Å². The molecule has 2 N–H and O–H groups in total. The first-order valence-electron chi connectivity index (χ1n) is 6.92. The van der Waals surface area contributed by atoms with E-state index in [1.54, 1.807) is 6.92 Å². The monoisotopic (exact) mass is 329 g/mol. The van der Waals surface area contributed by atoms with E-state index in [0.29, 0.717) is 5.56 Å². The summed E-state index contributed by atoms with van der Waals surface area (Å²) >= 11 is 0. The summed E-state index contributed by atoms with van der Waals surface area (Å²) in [6.07, 6.45) is 1.52. The van der Waals surface area contributed by atoms with E-state index in [9.17, 15) is 14.7 Å². The van der Waals surface area contributed by atoms with Crippen molar-refractivity contribution < 1.29 is 19.4 Å². The Labute approximate surface area is 156 Å². The van der Waals surface area contributed by atoms with Crippen LogP contribution in [0.2, 0.25) is 0 Å². The van der Waals surface area contributed by atoms with Crippen LogP contribution in [0, 0.1) is 5.92 Å². The van der Waals surface area contributed by atoms with Gasteiger partial charge in [-0.3, -0.25) is 9.78 Å². The van der Waals surface area contributed by atoms with E-state index in [1.807, 2.05) is 13.8 Å². The molecule has 7 nitrogen and oxygen atoms in total. The molecule has 0 radical (unpaired) electrons. The second-order valence-electron chi connectivity index (χ2n) is 5.69. The number of hydrogen-bond acceptors (Lipinski definition) is 5. The third-order valence-corrected chi connectivity index (χ3v) is 3.87. The summed E-state index contributed by atoms with van der Waals surface area (Å²) in [6, 6.07) is 1.48. The van der Waals surface area contributed by atoms with Gasteiger partial charge in [0.05, 0.1) is 12.2 Å². The normalized spacial score (nSPS) is 20.0. The fraction of sp³-hybridized carbons (Fsp3) is 0.467. The molecule has 0 spiro atoms. The molecule has 1 aromatic rings. The van der Waals surface area contributed by atoms with Gasteiger partial charge in [-0.25, -0.2) is 9.79 Å². The zero-order chi connectivity index (χ0) is 16.5. The second-order valence-corrected chi connectivity index (χ2v) is 5.69. The van der Waals surface area contributed by atoms with Gasteiger partial charge in [0.15, 0.2) is 5.84 Å². The van der Waals surface area contributed by atoms with Crippen molar-refractivity contribution in [2.75, 3.05) is 7.11 Å². The van der Waals surface area contributed by atoms with Crippen LogP contribution < -0.4 is 5.32 Å². The number of hydrogen-bond donors (Lipinski definition) is 2. The van der Waals surface area contributed by atoms with Crippen molar-refractivity contribution in [2.45, 2.75) is 32.9 Å².